The maximum absolute atomic E-state index is 5.56. The molecule has 15 heavy (non-hydrogen) atoms. The highest BCUT2D eigenvalue weighted by Crippen LogP contribution is 2.17. The molecule has 1 rings (SSSR count). The highest BCUT2D eigenvalue weighted by atomic mass is 32.1. The smallest absolute Gasteiger partial charge is 0.119 e. The minimum atomic E-state index is 0.670. The first-order valence-electron chi connectivity index (χ1n) is 5.03. The van der Waals surface area contributed by atoms with Crippen LogP contribution in [0.5, 0.6) is 5.75 Å². The van der Waals surface area contributed by atoms with Crippen molar-refractivity contribution in [1.82, 2.24) is 0 Å². The van der Waals surface area contributed by atoms with Crippen molar-refractivity contribution in [2.24, 2.45) is 10.9 Å². The normalized spacial score (nSPS) is 9.80. The van der Waals surface area contributed by atoms with E-state index in [0.29, 0.717) is 5.92 Å². The second-order valence-electron chi connectivity index (χ2n) is 3.73. The summed E-state index contributed by atoms with van der Waals surface area (Å²) < 4.78 is 5.56. The van der Waals surface area contributed by atoms with E-state index in [1.54, 1.807) is 0 Å². The zero-order chi connectivity index (χ0) is 11.1. The number of aliphatic imine (C=N–C) groups is 1. The topological polar surface area (TPSA) is 21.6 Å². The Morgan fingerprint density at radius 1 is 1.33 bits per heavy atom. The summed E-state index contributed by atoms with van der Waals surface area (Å²) in [5.74, 6) is 1.54. The highest BCUT2D eigenvalue weighted by molar-refractivity contribution is 7.78. The molecule has 0 heterocycles. The number of thiocarbonyl (C=S) groups is 1. The maximum Gasteiger partial charge on any atom is 0.119 e. The SMILES string of the molecule is CC(C)CCOc1ccc(N=C=S)cc1. The molecule has 0 aliphatic carbocycles. The summed E-state index contributed by atoms with van der Waals surface area (Å²) in [7, 11) is 0. The van der Waals surface area contributed by atoms with Gasteiger partial charge in [-0.1, -0.05) is 13.8 Å². The van der Waals surface area contributed by atoms with Crippen molar-refractivity contribution in [1.29, 1.82) is 0 Å². The largest absolute Gasteiger partial charge is 0.494 e. The van der Waals surface area contributed by atoms with Crippen LogP contribution in [0.1, 0.15) is 20.3 Å². The van der Waals surface area contributed by atoms with Gasteiger partial charge in [0.05, 0.1) is 17.5 Å². The Balaban J connectivity index is 2.46. The van der Waals surface area contributed by atoms with Crippen molar-refractivity contribution in [2.45, 2.75) is 20.3 Å². The molecule has 0 N–H and O–H groups in total. The van der Waals surface area contributed by atoms with Gasteiger partial charge in [0.2, 0.25) is 0 Å². The van der Waals surface area contributed by atoms with Gasteiger partial charge in [0, 0.05) is 0 Å². The Labute approximate surface area is 96.0 Å². The molecule has 0 saturated carbocycles. The van der Waals surface area contributed by atoms with E-state index in [2.05, 4.69) is 36.2 Å². The van der Waals surface area contributed by atoms with E-state index in [-0.39, 0.29) is 0 Å². The fraction of sp³-hybridized carbons (Fsp3) is 0.417. The van der Waals surface area contributed by atoms with Crippen LogP contribution in [-0.4, -0.2) is 11.8 Å². The molecule has 0 radical (unpaired) electrons. The van der Waals surface area contributed by atoms with E-state index in [4.69, 9.17) is 4.74 Å². The predicted molar refractivity (Wildman–Crippen MR) is 66.1 cm³/mol. The van der Waals surface area contributed by atoms with Crippen LogP contribution in [0.3, 0.4) is 0 Å². The van der Waals surface area contributed by atoms with Crippen molar-refractivity contribution in [3.8, 4) is 5.75 Å². The lowest BCUT2D eigenvalue weighted by Crippen LogP contribution is -2.00. The first kappa shape index (κ1) is 11.9. The quantitative estimate of drug-likeness (QED) is 0.556. The van der Waals surface area contributed by atoms with Crippen molar-refractivity contribution >= 4 is 23.1 Å². The van der Waals surface area contributed by atoms with Gasteiger partial charge in [0.25, 0.3) is 0 Å². The van der Waals surface area contributed by atoms with Crippen LogP contribution in [-0.2, 0) is 0 Å². The standard InChI is InChI=1S/C12H15NOS/c1-10(2)7-8-14-12-5-3-11(4-6-12)13-9-15/h3-6,10H,7-8H2,1-2H3. The summed E-state index contributed by atoms with van der Waals surface area (Å²) in [6.45, 7) is 5.12. The number of ether oxygens (including phenoxy) is 1. The summed E-state index contributed by atoms with van der Waals surface area (Å²) in [4.78, 5) is 3.87. The molecule has 2 nitrogen and oxygen atoms in total. The Hall–Kier alpha value is -1.18. The molecule has 0 bridgehead atoms. The molecular weight excluding hydrogens is 206 g/mol. The van der Waals surface area contributed by atoms with Crippen molar-refractivity contribution < 1.29 is 4.74 Å². The molecule has 3 heteroatoms. The predicted octanol–water partition coefficient (Wildman–Crippen LogP) is 3.85. The summed E-state index contributed by atoms with van der Waals surface area (Å²) in [6.07, 6.45) is 1.07. The average molecular weight is 221 g/mol. The molecule has 0 aromatic heterocycles. The van der Waals surface area contributed by atoms with E-state index in [1.165, 1.54) is 0 Å². The van der Waals surface area contributed by atoms with Gasteiger partial charge >= 0.3 is 0 Å². The summed E-state index contributed by atoms with van der Waals surface area (Å²) in [6, 6.07) is 7.52. The van der Waals surface area contributed by atoms with Crippen LogP contribution in [0.2, 0.25) is 0 Å². The van der Waals surface area contributed by atoms with E-state index >= 15 is 0 Å². The molecule has 1 aromatic carbocycles. The van der Waals surface area contributed by atoms with Crippen molar-refractivity contribution in [3.63, 3.8) is 0 Å². The number of hydrogen-bond donors (Lipinski definition) is 0. The summed E-state index contributed by atoms with van der Waals surface area (Å²) >= 11 is 4.52. The fourth-order valence-electron chi connectivity index (χ4n) is 1.08. The number of nitrogens with zero attached hydrogens (tertiary/aromatic N) is 1. The Kier molecular flexibility index (Phi) is 5.02. The molecule has 0 aliphatic heterocycles. The monoisotopic (exact) mass is 221 g/mol. The number of benzene rings is 1. The second kappa shape index (κ2) is 6.33. The number of rotatable bonds is 5. The maximum atomic E-state index is 5.56. The lowest BCUT2D eigenvalue weighted by atomic mass is 10.1. The fourth-order valence-corrected chi connectivity index (χ4v) is 1.19. The molecule has 1 aromatic rings. The van der Waals surface area contributed by atoms with Crippen molar-refractivity contribution in [3.05, 3.63) is 24.3 Å². The molecule has 0 unspecified atom stereocenters. The molecule has 0 fully saturated rings. The van der Waals surface area contributed by atoms with Gasteiger partial charge in [-0.2, -0.15) is 4.99 Å². The van der Waals surface area contributed by atoms with Gasteiger partial charge in [0.1, 0.15) is 5.75 Å². The first-order valence-corrected chi connectivity index (χ1v) is 5.44. The van der Waals surface area contributed by atoms with Crippen LogP contribution in [0.15, 0.2) is 29.3 Å². The van der Waals surface area contributed by atoms with Gasteiger partial charge in [0.15, 0.2) is 0 Å². The molecule has 0 amide bonds. The third-order valence-electron chi connectivity index (χ3n) is 1.98. The van der Waals surface area contributed by atoms with Crippen molar-refractivity contribution in [2.75, 3.05) is 6.61 Å². The molecule has 0 atom stereocenters. The highest BCUT2D eigenvalue weighted by Gasteiger charge is 1.96. The van der Waals surface area contributed by atoms with Gasteiger partial charge < -0.3 is 4.74 Å². The Bertz CT molecular complexity index is 339. The van der Waals surface area contributed by atoms with Crippen LogP contribution < -0.4 is 4.74 Å². The Morgan fingerprint density at radius 3 is 2.53 bits per heavy atom. The van der Waals surface area contributed by atoms with Crippen LogP contribution in [0.25, 0.3) is 0 Å². The number of hydrogen-bond acceptors (Lipinski definition) is 3. The van der Waals surface area contributed by atoms with Crippen LogP contribution in [0.4, 0.5) is 5.69 Å². The third-order valence-corrected chi connectivity index (χ3v) is 2.07. The molecule has 0 aliphatic rings. The lowest BCUT2D eigenvalue weighted by molar-refractivity contribution is 0.289. The zero-order valence-corrected chi connectivity index (χ0v) is 9.88. The molecule has 80 valence electrons. The van der Waals surface area contributed by atoms with Gasteiger partial charge in [-0.15, -0.1) is 0 Å². The van der Waals surface area contributed by atoms with E-state index < -0.39 is 0 Å². The summed E-state index contributed by atoms with van der Waals surface area (Å²) in [5.41, 5.74) is 0.807. The van der Waals surface area contributed by atoms with Crippen LogP contribution >= 0.6 is 12.2 Å². The van der Waals surface area contributed by atoms with E-state index in [9.17, 15) is 0 Å². The van der Waals surface area contributed by atoms with E-state index in [0.717, 1.165) is 24.5 Å². The second-order valence-corrected chi connectivity index (χ2v) is 3.91. The minimum absolute atomic E-state index is 0.670. The van der Waals surface area contributed by atoms with Gasteiger partial charge in [-0.25, -0.2) is 0 Å². The average Bonchev–Trinajstić information content (AvgIpc) is 2.20. The summed E-state index contributed by atoms with van der Waals surface area (Å²) in [5, 5.41) is 2.33. The lowest BCUT2D eigenvalue weighted by Gasteiger charge is -2.07. The molecular formula is C12H15NOS. The van der Waals surface area contributed by atoms with E-state index in [1.807, 2.05) is 24.3 Å². The minimum Gasteiger partial charge on any atom is -0.494 e. The first-order chi connectivity index (χ1) is 7.22. The van der Waals surface area contributed by atoms with Gasteiger partial charge in [-0.05, 0) is 48.8 Å². The Morgan fingerprint density at radius 2 is 2.00 bits per heavy atom. The third kappa shape index (κ3) is 4.73. The zero-order valence-electron chi connectivity index (χ0n) is 9.06. The van der Waals surface area contributed by atoms with Crippen LogP contribution in [0, 0.1) is 5.92 Å². The number of isothiocyanates is 1. The molecule has 0 saturated heterocycles. The molecule has 0 spiro atoms. The van der Waals surface area contributed by atoms with Gasteiger partial charge in [-0.3, -0.25) is 0 Å².